The third-order valence-electron chi connectivity index (χ3n) is 3.22. The first-order chi connectivity index (χ1) is 6.45. The van der Waals surface area contributed by atoms with Crippen molar-refractivity contribution in [3.8, 4) is 0 Å². The molecule has 0 bridgehead atoms. The molecule has 0 saturated carbocycles. The van der Waals surface area contributed by atoms with Gasteiger partial charge in [-0.05, 0) is 12.3 Å². The summed E-state index contributed by atoms with van der Waals surface area (Å²) in [5, 5.41) is 0. The zero-order chi connectivity index (χ0) is 8.67. The minimum Gasteiger partial charge on any atom is -1.00 e. The van der Waals surface area contributed by atoms with Crippen molar-refractivity contribution in [3.63, 3.8) is 0 Å². The molecular weight excluding hydrogens is 441 g/mol. The Hall–Kier alpha value is 0.570. The van der Waals surface area contributed by atoms with Crippen LogP contribution in [0.15, 0.2) is 36.4 Å². The molecule has 1 aromatic carbocycles. The standard InChI is InChI=1S/C13H13.3ClH.Hf/c1-3-7-12-10(5-1)9-11-6-2-4-8-13(11)12;;;;/h1,3-5,7-9,11,13H,2,6H2;3*1H;/q-1;;;;+4/p-3. The Morgan fingerprint density at radius 3 is 2.53 bits per heavy atom. The van der Waals surface area contributed by atoms with Crippen molar-refractivity contribution in [2.24, 2.45) is 5.92 Å². The van der Waals surface area contributed by atoms with E-state index in [0.29, 0.717) is 5.92 Å². The Bertz CT molecular complexity index is 365. The summed E-state index contributed by atoms with van der Waals surface area (Å²) in [5.74, 6) is 1.47. The molecule has 3 rings (SSSR count). The summed E-state index contributed by atoms with van der Waals surface area (Å²) in [6.45, 7) is 0. The monoisotopic (exact) mass is 454 g/mol. The SMILES string of the molecule is C1=CC2c3ccccc3[CH-]C2CC1.[Cl-].[Cl-].[Cl-].[Hf+4]. The van der Waals surface area contributed by atoms with E-state index >= 15 is 0 Å². The van der Waals surface area contributed by atoms with E-state index in [2.05, 4.69) is 42.8 Å². The zero-order valence-electron chi connectivity index (χ0n) is 9.24. The number of benzene rings is 1. The molecule has 0 amide bonds. The van der Waals surface area contributed by atoms with Gasteiger partial charge in [0.15, 0.2) is 0 Å². The minimum absolute atomic E-state index is 0. The predicted molar refractivity (Wildman–Crippen MR) is 54.4 cm³/mol. The van der Waals surface area contributed by atoms with E-state index in [1.165, 1.54) is 24.0 Å². The maximum Gasteiger partial charge on any atom is 4.00 e. The molecule has 1 aromatic rings. The van der Waals surface area contributed by atoms with Crippen molar-refractivity contribution in [2.45, 2.75) is 18.8 Å². The van der Waals surface area contributed by atoms with Gasteiger partial charge in [0, 0.05) is 0 Å². The zero-order valence-corrected chi connectivity index (χ0v) is 15.1. The molecule has 17 heavy (non-hydrogen) atoms. The van der Waals surface area contributed by atoms with Gasteiger partial charge in [-0.25, -0.2) is 0 Å². The average molecular weight is 454 g/mol. The van der Waals surface area contributed by atoms with E-state index in [9.17, 15) is 0 Å². The number of hydrogen-bond donors (Lipinski definition) is 0. The number of hydrogen-bond acceptors (Lipinski definition) is 0. The molecule has 0 spiro atoms. The van der Waals surface area contributed by atoms with Crippen LogP contribution in [0.3, 0.4) is 0 Å². The van der Waals surface area contributed by atoms with Gasteiger partial charge in [-0.2, -0.15) is 18.1 Å². The van der Waals surface area contributed by atoms with Crippen LogP contribution in [0.4, 0.5) is 0 Å². The molecule has 0 radical (unpaired) electrons. The second-order valence-electron chi connectivity index (χ2n) is 3.99. The second-order valence-corrected chi connectivity index (χ2v) is 3.99. The minimum atomic E-state index is 0. The fourth-order valence-electron chi connectivity index (χ4n) is 2.57. The van der Waals surface area contributed by atoms with Crippen LogP contribution in [0.25, 0.3) is 0 Å². The van der Waals surface area contributed by atoms with Gasteiger partial charge < -0.3 is 37.2 Å². The van der Waals surface area contributed by atoms with Crippen LogP contribution < -0.4 is 37.2 Å². The Balaban J connectivity index is 0. The van der Waals surface area contributed by atoms with Crippen molar-refractivity contribution in [1.82, 2.24) is 0 Å². The average Bonchev–Trinajstić information content (AvgIpc) is 2.56. The van der Waals surface area contributed by atoms with E-state index < -0.39 is 0 Å². The van der Waals surface area contributed by atoms with Crippen LogP contribution in [0, 0.1) is 12.3 Å². The normalized spacial score (nSPS) is 22.4. The van der Waals surface area contributed by atoms with Gasteiger partial charge in [0.1, 0.15) is 0 Å². The predicted octanol–water partition coefficient (Wildman–Crippen LogP) is -5.69. The van der Waals surface area contributed by atoms with Crippen molar-refractivity contribution < 1.29 is 63.1 Å². The molecule has 0 N–H and O–H groups in total. The van der Waals surface area contributed by atoms with Gasteiger partial charge in [0.05, 0.1) is 0 Å². The van der Waals surface area contributed by atoms with E-state index in [1.807, 2.05) is 0 Å². The molecule has 0 saturated heterocycles. The van der Waals surface area contributed by atoms with Crippen molar-refractivity contribution in [3.05, 3.63) is 54.0 Å². The first-order valence-corrected chi connectivity index (χ1v) is 5.05. The Morgan fingerprint density at radius 2 is 1.76 bits per heavy atom. The van der Waals surface area contributed by atoms with Crippen molar-refractivity contribution in [1.29, 1.82) is 0 Å². The summed E-state index contributed by atoms with van der Waals surface area (Å²) < 4.78 is 0. The molecule has 2 atom stereocenters. The molecule has 2 aliphatic rings. The topological polar surface area (TPSA) is 0 Å². The maximum atomic E-state index is 2.45. The second kappa shape index (κ2) is 8.63. The summed E-state index contributed by atoms with van der Waals surface area (Å²) in [4.78, 5) is 0. The van der Waals surface area contributed by atoms with Gasteiger partial charge in [-0.15, -0.1) is 17.7 Å². The first-order valence-electron chi connectivity index (χ1n) is 5.05. The van der Waals surface area contributed by atoms with E-state index in [4.69, 9.17) is 0 Å². The maximum absolute atomic E-state index is 2.45. The van der Waals surface area contributed by atoms with E-state index in [1.54, 1.807) is 0 Å². The Kier molecular flexibility index (Phi) is 10.1. The number of allylic oxidation sites excluding steroid dienone is 2. The molecule has 0 fully saturated rings. The number of halogens is 3. The van der Waals surface area contributed by atoms with Crippen LogP contribution >= 0.6 is 0 Å². The fraction of sp³-hybridized carbons (Fsp3) is 0.308. The molecule has 0 aliphatic heterocycles. The number of rotatable bonds is 0. The van der Waals surface area contributed by atoms with Crippen molar-refractivity contribution >= 4 is 0 Å². The molecule has 2 aliphatic carbocycles. The van der Waals surface area contributed by atoms with E-state index in [-0.39, 0.29) is 63.1 Å². The summed E-state index contributed by atoms with van der Waals surface area (Å²) in [7, 11) is 0. The van der Waals surface area contributed by atoms with Crippen LogP contribution in [0.5, 0.6) is 0 Å². The van der Waals surface area contributed by atoms with E-state index in [0.717, 1.165) is 5.92 Å². The Labute approximate surface area is 141 Å². The van der Waals surface area contributed by atoms with Gasteiger partial charge in [0.2, 0.25) is 0 Å². The quantitative estimate of drug-likeness (QED) is 0.209. The Morgan fingerprint density at radius 1 is 1.06 bits per heavy atom. The number of fused-ring (bicyclic) bond motifs is 3. The molecule has 90 valence electrons. The van der Waals surface area contributed by atoms with Gasteiger partial charge in [-0.3, -0.25) is 0 Å². The molecule has 0 heterocycles. The van der Waals surface area contributed by atoms with Crippen LogP contribution in [0.2, 0.25) is 0 Å². The molecule has 2 unspecified atom stereocenters. The van der Waals surface area contributed by atoms with Crippen LogP contribution in [-0.2, 0) is 25.8 Å². The van der Waals surface area contributed by atoms with Crippen molar-refractivity contribution in [2.75, 3.05) is 0 Å². The van der Waals surface area contributed by atoms with Crippen LogP contribution in [0.1, 0.15) is 29.9 Å². The fourth-order valence-corrected chi connectivity index (χ4v) is 2.57. The molecule has 4 heteroatoms. The molecular formula is C13H13Cl3Hf. The van der Waals surface area contributed by atoms with Gasteiger partial charge in [-0.1, -0.05) is 30.6 Å². The largest absolute Gasteiger partial charge is 4.00 e. The van der Waals surface area contributed by atoms with Gasteiger partial charge >= 0.3 is 25.8 Å². The molecule has 0 aromatic heterocycles. The molecule has 0 nitrogen and oxygen atoms in total. The third-order valence-corrected chi connectivity index (χ3v) is 3.22. The summed E-state index contributed by atoms with van der Waals surface area (Å²) in [6, 6.07) is 8.79. The summed E-state index contributed by atoms with van der Waals surface area (Å²) in [5.41, 5.74) is 2.99. The first kappa shape index (κ1) is 19.9. The van der Waals surface area contributed by atoms with Crippen LogP contribution in [-0.4, -0.2) is 0 Å². The summed E-state index contributed by atoms with van der Waals surface area (Å²) >= 11 is 0. The third kappa shape index (κ3) is 3.76. The summed E-state index contributed by atoms with van der Waals surface area (Å²) in [6.07, 6.45) is 9.75. The smallest absolute Gasteiger partial charge is 1.00 e. The van der Waals surface area contributed by atoms with Gasteiger partial charge in [0.25, 0.3) is 0 Å².